The van der Waals surface area contributed by atoms with Gasteiger partial charge in [0.2, 0.25) is 0 Å². The predicted octanol–water partition coefficient (Wildman–Crippen LogP) is 3.36. The number of benzene rings is 1. The normalized spacial score (nSPS) is 17.9. The number of carbonyl (C=O) groups excluding carboxylic acids is 1. The Morgan fingerprint density at radius 1 is 1.31 bits per heavy atom. The van der Waals surface area contributed by atoms with E-state index in [2.05, 4.69) is 0 Å². The van der Waals surface area contributed by atoms with Crippen molar-refractivity contribution in [2.45, 2.75) is 12.8 Å². The van der Waals surface area contributed by atoms with Gasteiger partial charge in [0.25, 0.3) is 0 Å². The Hall–Kier alpha value is -1.54. The number of rotatable bonds is 0. The van der Waals surface area contributed by atoms with Gasteiger partial charge >= 0.3 is 0 Å². The van der Waals surface area contributed by atoms with Crippen molar-refractivity contribution >= 4 is 23.5 Å². The van der Waals surface area contributed by atoms with Crippen molar-refractivity contribution in [2.24, 2.45) is 0 Å². The average Bonchev–Trinajstić information content (AvgIpc) is 2.29. The molecule has 0 bridgehead atoms. The van der Waals surface area contributed by atoms with E-state index >= 15 is 0 Å². The van der Waals surface area contributed by atoms with Crippen LogP contribution in [-0.4, -0.2) is 5.78 Å². The summed E-state index contributed by atoms with van der Waals surface area (Å²) in [6, 6.07) is 5.53. The van der Waals surface area contributed by atoms with Crippen LogP contribution in [0.15, 0.2) is 35.6 Å². The van der Waals surface area contributed by atoms with Crippen molar-refractivity contribution in [1.29, 1.82) is 0 Å². The SMILES string of the molecule is O=C1CCC=C2Oc3c(Cl)cccc3C=C12. The lowest BCUT2D eigenvalue weighted by atomic mass is 9.94. The van der Waals surface area contributed by atoms with E-state index in [1.54, 1.807) is 6.07 Å². The van der Waals surface area contributed by atoms with Gasteiger partial charge in [0.1, 0.15) is 5.76 Å². The molecule has 0 saturated carbocycles. The highest BCUT2D eigenvalue weighted by Gasteiger charge is 2.26. The first-order valence-corrected chi connectivity index (χ1v) is 5.55. The zero-order valence-electron chi connectivity index (χ0n) is 8.50. The number of Topliss-reactive ketones (excluding diaryl/α,β-unsaturated/α-hetero) is 1. The number of allylic oxidation sites excluding steroid dienone is 2. The van der Waals surface area contributed by atoms with Crippen molar-refractivity contribution in [1.82, 2.24) is 0 Å². The molecule has 0 fully saturated rings. The number of halogens is 1. The molecule has 1 aromatic rings. The maximum atomic E-state index is 11.7. The van der Waals surface area contributed by atoms with Crippen LogP contribution in [0.1, 0.15) is 18.4 Å². The van der Waals surface area contributed by atoms with E-state index in [1.165, 1.54) is 0 Å². The Bertz CT molecular complexity index is 541. The van der Waals surface area contributed by atoms with Crippen molar-refractivity contribution in [3.63, 3.8) is 0 Å². The van der Waals surface area contributed by atoms with Crippen LogP contribution in [0, 0.1) is 0 Å². The van der Waals surface area contributed by atoms with Crippen LogP contribution >= 0.6 is 11.6 Å². The number of hydrogen-bond donors (Lipinski definition) is 0. The molecule has 0 spiro atoms. The number of para-hydroxylation sites is 1. The van der Waals surface area contributed by atoms with Gasteiger partial charge in [-0.05, 0) is 24.6 Å². The fraction of sp³-hybridized carbons (Fsp3) is 0.154. The topological polar surface area (TPSA) is 26.3 Å². The molecular weight excluding hydrogens is 224 g/mol. The molecule has 1 aromatic carbocycles. The van der Waals surface area contributed by atoms with E-state index in [0.29, 0.717) is 28.5 Å². The van der Waals surface area contributed by atoms with Crippen LogP contribution in [0.3, 0.4) is 0 Å². The van der Waals surface area contributed by atoms with Crippen LogP contribution in [0.25, 0.3) is 6.08 Å². The largest absolute Gasteiger partial charge is 0.455 e. The molecular formula is C13H9ClO2. The Morgan fingerprint density at radius 3 is 3.06 bits per heavy atom. The number of ketones is 1. The Morgan fingerprint density at radius 2 is 2.19 bits per heavy atom. The lowest BCUT2D eigenvalue weighted by Gasteiger charge is -2.23. The molecule has 3 heteroatoms. The van der Waals surface area contributed by atoms with Crippen molar-refractivity contribution in [2.75, 3.05) is 0 Å². The zero-order valence-corrected chi connectivity index (χ0v) is 9.25. The number of fused-ring (bicyclic) bond motifs is 2. The van der Waals surface area contributed by atoms with Gasteiger partial charge in [0.15, 0.2) is 11.5 Å². The highest BCUT2D eigenvalue weighted by molar-refractivity contribution is 6.32. The summed E-state index contributed by atoms with van der Waals surface area (Å²) < 4.78 is 5.68. The molecule has 1 heterocycles. The van der Waals surface area contributed by atoms with Crippen LogP contribution in [0.2, 0.25) is 5.02 Å². The summed E-state index contributed by atoms with van der Waals surface area (Å²) in [6.45, 7) is 0. The van der Waals surface area contributed by atoms with Gasteiger partial charge in [0, 0.05) is 12.0 Å². The van der Waals surface area contributed by atoms with Crippen molar-refractivity contribution in [3.05, 3.63) is 46.2 Å². The Labute approximate surface area is 98.2 Å². The van der Waals surface area contributed by atoms with Gasteiger partial charge in [-0.2, -0.15) is 0 Å². The molecule has 0 amide bonds. The van der Waals surface area contributed by atoms with Crippen LogP contribution < -0.4 is 4.74 Å². The summed E-state index contributed by atoms with van der Waals surface area (Å²) in [5, 5.41) is 0.576. The highest BCUT2D eigenvalue weighted by Crippen LogP contribution is 2.39. The monoisotopic (exact) mass is 232 g/mol. The molecule has 1 aliphatic heterocycles. The van der Waals surface area contributed by atoms with E-state index in [0.717, 1.165) is 12.0 Å². The quantitative estimate of drug-likeness (QED) is 0.686. The standard InChI is InChI=1S/C13H9ClO2/c14-10-4-1-3-8-7-9-11(15)5-2-6-12(9)16-13(8)10/h1,3-4,6-7H,2,5H2. The first-order valence-electron chi connectivity index (χ1n) is 5.17. The second-order valence-electron chi connectivity index (χ2n) is 3.85. The van der Waals surface area contributed by atoms with E-state index in [-0.39, 0.29) is 5.78 Å². The fourth-order valence-corrected chi connectivity index (χ4v) is 2.20. The number of carbonyl (C=O) groups is 1. The van der Waals surface area contributed by atoms with E-state index in [1.807, 2.05) is 24.3 Å². The predicted molar refractivity (Wildman–Crippen MR) is 62.4 cm³/mol. The van der Waals surface area contributed by atoms with Crippen molar-refractivity contribution < 1.29 is 9.53 Å². The maximum Gasteiger partial charge on any atom is 0.166 e. The van der Waals surface area contributed by atoms with Crippen LogP contribution in [0.5, 0.6) is 5.75 Å². The second kappa shape index (κ2) is 3.49. The molecule has 2 aliphatic rings. The van der Waals surface area contributed by atoms with Crippen LogP contribution in [0.4, 0.5) is 0 Å². The van der Waals surface area contributed by atoms with Gasteiger partial charge < -0.3 is 4.74 Å². The molecule has 0 saturated heterocycles. The highest BCUT2D eigenvalue weighted by atomic mass is 35.5. The molecule has 0 unspecified atom stereocenters. The maximum absolute atomic E-state index is 11.7. The van der Waals surface area contributed by atoms with Gasteiger partial charge in [-0.3, -0.25) is 4.79 Å². The third-order valence-electron chi connectivity index (χ3n) is 2.78. The fourth-order valence-electron chi connectivity index (χ4n) is 1.98. The van der Waals surface area contributed by atoms with Gasteiger partial charge in [-0.25, -0.2) is 0 Å². The zero-order chi connectivity index (χ0) is 11.1. The summed E-state index contributed by atoms with van der Waals surface area (Å²) in [6.07, 6.45) is 5.11. The molecule has 1 aliphatic carbocycles. The summed E-state index contributed by atoms with van der Waals surface area (Å²) >= 11 is 6.04. The summed E-state index contributed by atoms with van der Waals surface area (Å²) in [5.41, 5.74) is 1.54. The Balaban J connectivity index is 2.20. The van der Waals surface area contributed by atoms with Crippen molar-refractivity contribution in [3.8, 4) is 5.75 Å². The summed E-state index contributed by atoms with van der Waals surface area (Å²) in [4.78, 5) is 11.7. The lowest BCUT2D eigenvalue weighted by molar-refractivity contribution is -0.115. The van der Waals surface area contributed by atoms with Crippen LogP contribution in [-0.2, 0) is 4.79 Å². The first-order chi connectivity index (χ1) is 7.75. The lowest BCUT2D eigenvalue weighted by Crippen LogP contribution is -2.16. The number of ether oxygens (including phenoxy) is 1. The van der Waals surface area contributed by atoms with E-state index in [4.69, 9.17) is 16.3 Å². The smallest absolute Gasteiger partial charge is 0.166 e. The number of hydrogen-bond acceptors (Lipinski definition) is 2. The minimum absolute atomic E-state index is 0.142. The Kier molecular flexibility index (Phi) is 2.11. The first kappa shape index (κ1) is 9.67. The van der Waals surface area contributed by atoms with Gasteiger partial charge in [-0.15, -0.1) is 0 Å². The van der Waals surface area contributed by atoms with E-state index < -0.39 is 0 Å². The molecule has 16 heavy (non-hydrogen) atoms. The minimum atomic E-state index is 0.142. The second-order valence-corrected chi connectivity index (χ2v) is 4.26. The average molecular weight is 233 g/mol. The molecule has 3 rings (SSSR count). The molecule has 0 radical (unpaired) electrons. The van der Waals surface area contributed by atoms with Gasteiger partial charge in [-0.1, -0.05) is 23.7 Å². The minimum Gasteiger partial charge on any atom is -0.455 e. The molecule has 0 atom stereocenters. The third kappa shape index (κ3) is 1.38. The summed E-state index contributed by atoms with van der Waals surface area (Å²) in [7, 11) is 0. The molecule has 2 nitrogen and oxygen atoms in total. The summed E-state index contributed by atoms with van der Waals surface area (Å²) in [5.74, 6) is 1.44. The molecule has 0 N–H and O–H groups in total. The van der Waals surface area contributed by atoms with E-state index in [9.17, 15) is 4.79 Å². The molecule has 80 valence electrons. The van der Waals surface area contributed by atoms with Gasteiger partial charge in [0.05, 0.1) is 10.6 Å². The third-order valence-corrected chi connectivity index (χ3v) is 3.07. The molecule has 0 aromatic heterocycles.